The molecule has 0 spiro atoms. The van der Waals surface area contributed by atoms with E-state index in [0.717, 1.165) is 58.2 Å². The van der Waals surface area contributed by atoms with E-state index in [9.17, 15) is 24.0 Å². The number of benzene rings is 3. The predicted molar refractivity (Wildman–Crippen MR) is 386 cm³/mol. The highest BCUT2D eigenvalue weighted by Crippen LogP contribution is 2.67. The maximum absolute atomic E-state index is 12.7. The van der Waals surface area contributed by atoms with Crippen molar-refractivity contribution < 1.29 is 55.6 Å². The largest absolute Gasteiger partial charge is 0.369 e. The lowest BCUT2D eigenvalue weighted by molar-refractivity contribution is -0.175. The van der Waals surface area contributed by atoms with Crippen molar-refractivity contribution in [2.24, 2.45) is 4.99 Å². The summed E-state index contributed by atoms with van der Waals surface area (Å²) in [6, 6.07) is 31.9. The van der Waals surface area contributed by atoms with Crippen LogP contribution in [0, 0.1) is 13.8 Å². The number of aromatic nitrogens is 8. The molecule has 30 nitrogen and oxygen atoms in total. The fraction of sp³-hybridized carbons (Fsp3) is 0.556. The second kappa shape index (κ2) is 28.8. The Balaban J connectivity index is 0.000000117. The van der Waals surface area contributed by atoms with E-state index < -0.39 is 102 Å². The lowest BCUT2D eigenvalue weighted by Crippen LogP contribution is -2.42. The first kappa shape index (κ1) is 71.5. The first-order valence-corrected chi connectivity index (χ1v) is 39.9. The smallest absolute Gasteiger partial charge is 0.330 e. The highest BCUT2D eigenvalue weighted by atomic mass is 31.2. The van der Waals surface area contributed by atoms with Gasteiger partial charge in [0.1, 0.15) is 71.7 Å². The fourth-order valence-electron chi connectivity index (χ4n) is 17.1. The summed E-state index contributed by atoms with van der Waals surface area (Å²) in [5, 5.41) is 0. The highest BCUT2D eigenvalue weighted by Gasteiger charge is 2.68. The van der Waals surface area contributed by atoms with Gasteiger partial charge in [0.05, 0.1) is 32.5 Å². The van der Waals surface area contributed by atoms with Crippen LogP contribution in [0.1, 0.15) is 143 Å². The van der Waals surface area contributed by atoms with Gasteiger partial charge in [-0.25, -0.2) is 33.6 Å². The number of aryl methyl sites for hydroxylation is 2. The van der Waals surface area contributed by atoms with Gasteiger partial charge in [-0.15, -0.1) is 0 Å². The first-order valence-electron chi connectivity index (χ1n) is 36.5. The zero-order valence-electron chi connectivity index (χ0n) is 59.5. The maximum atomic E-state index is 12.7. The molecule has 4 aromatic heterocycles. The van der Waals surface area contributed by atoms with E-state index in [0.29, 0.717) is 74.0 Å². The predicted octanol–water partition coefficient (Wildman–Crippen LogP) is 8.80. The fourth-order valence-corrected chi connectivity index (χ4v) is 23.2. The number of fused-ring (bicyclic) bond motifs is 10. The number of aromatic amines is 3. The van der Waals surface area contributed by atoms with E-state index in [2.05, 4.69) is 99.4 Å². The van der Waals surface area contributed by atoms with Crippen LogP contribution in [0.3, 0.4) is 0 Å². The number of hydrogen-bond donors (Lipinski definition) is 3. The van der Waals surface area contributed by atoms with Crippen LogP contribution in [-0.2, 0) is 55.6 Å². The third kappa shape index (κ3) is 12.6. The number of nitrogens with one attached hydrogen (secondary N) is 3. The summed E-state index contributed by atoms with van der Waals surface area (Å²) < 4.78 is 89.7. The van der Waals surface area contributed by atoms with Crippen LogP contribution in [-0.4, -0.2) is 189 Å². The van der Waals surface area contributed by atoms with Gasteiger partial charge in [-0.3, -0.25) is 43.0 Å². The van der Waals surface area contributed by atoms with Crippen LogP contribution in [0.25, 0.3) is 11.2 Å². The number of ether oxygens (including phenoxy) is 6. The molecule has 3 N–H and O–H groups in total. The van der Waals surface area contributed by atoms with Crippen molar-refractivity contribution in [1.82, 2.24) is 57.5 Å². The van der Waals surface area contributed by atoms with Gasteiger partial charge in [0, 0.05) is 75.4 Å². The van der Waals surface area contributed by atoms with Gasteiger partial charge < -0.3 is 60.5 Å². The van der Waals surface area contributed by atoms with E-state index in [-0.39, 0.29) is 53.6 Å². The van der Waals surface area contributed by atoms with Gasteiger partial charge in [-0.1, -0.05) is 112 Å². The Morgan fingerprint density at radius 3 is 1.27 bits per heavy atom. The Bertz CT molecular complexity index is 4490. The van der Waals surface area contributed by atoms with Gasteiger partial charge in [0.25, 0.3) is 42.3 Å². The van der Waals surface area contributed by atoms with Gasteiger partial charge in [0.15, 0.2) is 29.8 Å². The van der Waals surface area contributed by atoms with Crippen molar-refractivity contribution >= 4 is 49.0 Å². The summed E-state index contributed by atoms with van der Waals surface area (Å²) in [5.74, 6) is 0.194. The molecule has 3 unspecified atom stereocenters. The van der Waals surface area contributed by atoms with Crippen LogP contribution < -0.4 is 28.1 Å². The summed E-state index contributed by atoms with van der Waals surface area (Å²) >= 11 is 0. The second-order valence-corrected chi connectivity index (χ2v) is 33.4. The van der Waals surface area contributed by atoms with E-state index >= 15 is 0 Å². The molecular weight excluding hydrogens is 1410 g/mol. The summed E-state index contributed by atoms with van der Waals surface area (Å²) in [7, 11) is -0.178. The van der Waals surface area contributed by atoms with Crippen molar-refractivity contribution in [2.75, 3.05) is 53.6 Å². The normalized spacial score (nSPS) is 36.3. The van der Waals surface area contributed by atoms with Gasteiger partial charge in [-0.2, -0.15) is 4.98 Å². The molecule has 0 aliphatic carbocycles. The Kier molecular flexibility index (Phi) is 19.6. The molecule has 7 aromatic rings. The minimum atomic E-state index is -1.29. The average Bonchev–Trinajstić information content (AvgIpc) is 1.57. The quantitative estimate of drug-likeness (QED) is 0.0435. The van der Waals surface area contributed by atoms with E-state index in [1.165, 1.54) is 38.2 Å². The molecule has 16 heterocycles. The van der Waals surface area contributed by atoms with E-state index in [1.54, 1.807) is 36.0 Å². The van der Waals surface area contributed by atoms with Gasteiger partial charge in [0.2, 0.25) is 5.95 Å². The zero-order valence-corrected chi connectivity index (χ0v) is 62.2. The highest BCUT2D eigenvalue weighted by molar-refractivity contribution is 7.45. The van der Waals surface area contributed by atoms with Crippen molar-refractivity contribution in [3.8, 4) is 0 Å². The van der Waals surface area contributed by atoms with Crippen molar-refractivity contribution in [2.45, 2.75) is 201 Å². The Morgan fingerprint density at radius 1 is 0.533 bits per heavy atom. The number of rotatable bonds is 17. The molecule has 0 radical (unpaired) electrons. The second-order valence-electron chi connectivity index (χ2n) is 29.2. The number of hydrogen-bond acceptors (Lipinski definition) is 23. The summed E-state index contributed by atoms with van der Waals surface area (Å²) in [5.41, 5.74) is 0.892. The number of aliphatic imine (C=N–C) groups is 1. The molecule has 19 rings (SSSR count). The Hall–Kier alpha value is -6.47. The Morgan fingerprint density at radius 2 is 0.905 bits per heavy atom. The van der Waals surface area contributed by atoms with Crippen LogP contribution >= 0.6 is 25.6 Å². The molecule has 33 heteroatoms. The molecule has 0 amide bonds. The molecule has 0 saturated carbocycles. The van der Waals surface area contributed by atoms with Crippen LogP contribution in [0.2, 0.25) is 0 Å². The Labute approximate surface area is 608 Å². The summed E-state index contributed by atoms with van der Waals surface area (Å²) in [6.07, 6.45) is 10.6. The summed E-state index contributed by atoms with van der Waals surface area (Å²) in [6.45, 7) is 13.6. The molecule has 6 bridgehead atoms. The van der Waals surface area contributed by atoms with Crippen molar-refractivity contribution in [3.05, 3.63) is 190 Å². The molecule has 558 valence electrons. The van der Waals surface area contributed by atoms with Gasteiger partial charge in [-0.05, 0) is 88.3 Å². The molecule has 21 atom stereocenters. The minimum Gasteiger partial charge on any atom is -0.369 e. The number of H-pyrrole nitrogens is 3. The third-order valence-electron chi connectivity index (χ3n) is 22.8. The number of nitrogens with zero attached hydrogens (tertiary/aromatic N) is 10. The molecular formula is C72H88N13O17P3. The monoisotopic (exact) mass is 1500 g/mol. The lowest BCUT2D eigenvalue weighted by atomic mass is 9.96. The topological polar surface area (TPSA) is 309 Å². The molecule has 12 aliphatic rings. The third-order valence-corrected chi connectivity index (χ3v) is 27.9. The SMILES string of the molecule is CC[C@@]12COC([C@H](n3cc(C)c(=O)[nH]c3=O)O1)[C@H]2O[P@@]1O[C@H](c2ccccc2)[C@@H]2CCCN21.CC[C@@]12COC([C@H](n3cc(C)c(=O)[nH]c3=O)O1)[C@H]2O[P@]1O[C@@H](c2ccccc2)[C@H]2CCCN21.CC[C@@]12COC([C@H](n3cnc4c(=O)[nH]c(N=CN(C)C)nc43)O1)[C@H]2O[P@@]1O[C@H](c2ccccc2)[C@@H]2CCCN21. The van der Waals surface area contributed by atoms with E-state index in [1.807, 2.05) is 70.4 Å². The molecule has 12 fully saturated rings. The van der Waals surface area contributed by atoms with E-state index in [4.69, 9.17) is 55.6 Å². The van der Waals surface area contributed by atoms with Crippen molar-refractivity contribution in [1.29, 1.82) is 0 Å². The molecule has 12 saturated heterocycles. The van der Waals surface area contributed by atoms with Crippen LogP contribution in [0.5, 0.6) is 0 Å². The van der Waals surface area contributed by atoms with Crippen LogP contribution in [0.15, 0.2) is 139 Å². The average molecular weight is 1500 g/mol. The zero-order chi connectivity index (χ0) is 72.2. The van der Waals surface area contributed by atoms with Crippen molar-refractivity contribution in [3.63, 3.8) is 0 Å². The number of imidazole rings is 1. The maximum Gasteiger partial charge on any atom is 0.330 e. The first-order chi connectivity index (χ1) is 51.0. The lowest BCUT2D eigenvalue weighted by Gasteiger charge is -2.31. The van der Waals surface area contributed by atoms with Gasteiger partial charge >= 0.3 is 11.4 Å². The molecule has 105 heavy (non-hydrogen) atoms. The molecule has 3 aromatic carbocycles. The van der Waals surface area contributed by atoms with Crippen LogP contribution in [0.4, 0.5) is 5.95 Å². The molecule has 12 aliphatic heterocycles. The minimum absolute atomic E-state index is 0.0104. The standard InChI is InChI=1S/C26H32N7O5P.2C23H28N3O6P/c1-4-26-13-35-20(21(26)38-39-33-12-8-11-17(33)19(37-39)16-9-6-5-7-10-16)24(36-26)32-15-27-18-22(32)29-25(30-23(18)34)28-14-31(2)3;2*1-3-23-13-29-18(21(30-23)25-12-14(2)20(27)24-22(25)28)19(23)32-33-26-11-7-10-16(26)17(31-33)15-8-5-4-6-9-15/h5-7,9-10,14-15,17,19-21,24H,4,8,11-13H2,1-3H3,(H,29,30,34);2*4-6,8-9,12,16-19,21H,3,7,10-11,13H2,1-2H3,(H,24,27,28)/t17-,19+,20?,21+,24+,26-,39+;16-,17+,18?,19+,21+,23-,33+;16-,17+,18?,19-,21-,23+,33+/m001/s1. The summed E-state index contributed by atoms with van der Waals surface area (Å²) in [4.78, 5) is 83.9.